The molecule has 0 saturated carbocycles. The van der Waals surface area contributed by atoms with Crippen LogP contribution in [-0.4, -0.2) is 10.2 Å². The fourth-order valence-electron chi connectivity index (χ4n) is 2.17. The van der Waals surface area contributed by atoms with Crippen molar-refractivity contribution in [2.24, 2.45) is 0 Å². The number of phenols is 2. The van der Waals surface area contributed by atoms with Gasteiger partial charge >= 0.3 is 0 Å². The van der Waals surface area contributed by atoms with Gasteiger partial charge in [0.25, 0.3) is 0 Å². The average molecular weight is 228 g/mol. The summed E-state index contributed by atoms with van der Waals surface area (Å²) >= 11 is 0. The van der Waals surface area contributed by atoms with E-state index in [0.29, 0.717) is 0 Å². The van der Waals surface area contributed by atoms with Crippen molar-refractivity contribution >= 4 is 0 Å². The molecule has 0 bridgehead atoms. The molecule has 2 aromatic carbocycles. The lowest BCUT2D eigenvalue weighted by Gasteiger charge is -2.13. The standard InChI is InChI=1S/C15H16O2/c1-9-6-11(3)15(14(17)7-9)13-8-12(16)5-4-10(13)2/h4-8,16-17H,1-3H3. The summed E-state index contributed by atoms with van der Waals surface area (Å²) in [7, 11) is 0. The second kappa shape index (κ2) is 4.13. The zero-order chi connectivity index (χ0) is 12.6. The van der Waals surface area contributed by atoms with E-state index in [-0.39, 0.29) is 11.5 Å². The highest BCUT2D eigenvalue weighted by Crippen LogP contribution is 2.36. The van der Waals surface area contributed by atoms with E-state index in [1.165, 1.54) is 0 Å². The smallest absolute Gasteiger partial charge is 0.123 e. The SMILES string of the molecule is Cc1cc(C)c(-c2cc(O)ccc2C)c(O)c1. The maximum atomic E-state index is 10.1. The first-order valence-corrected chi connectivity index (χ1v) is 5.59. The minimum atomic E-state index is 0.213. The van der Waals surface area contributed by atoms with E-state index < -0.39 is 0 Å². The van der Waals surface area contributed by atoms with E-state index in [9.17, 15) is 10.2 Å². The quantitative estimate of drug-likeness (QED) is 0.781. The summed E-state index contributed by atoms with van der Waals surface area (Å²) in [4.78, 5) is 0. The van der Waals surface area contributed by atoms with Crippen molar-refractivity contribution in [3.63, 3.8) is 0 Å². The Morgan fingerprint density at radius 3 is 2.18 bits per heavy atom. The zero-order valence-electron chi connectivity index (χ0n) is 10.3. The van der Waals surface area contributed by atoms with Gasteiger partial charge in [-0.1, -0.05) is 12.1 Å². The Labute approximate surface area is 101 Å². The lowest BCUT2D eigenvalue weighted by atomic mass is 9.94. The second-order valence-corrected chi connectivity index (χ2v) is 4.48. The van der Waals surface area contributed by atoms with Crippen molar-refractivity contribution in [1.82, 2.24) is 0 Å². The molecule has 2 aromatic rings. The second-order valence-electron chi connectivity index (χ2n) is 4.48. The van der Waals surface area contributed by atoms with Gasteiger partial charge in [0, 0.05) is 5.56 Å². The first kappa shape index (κ1) is 11.5. The summed E-state index contributed by atoms with van der Waals surface area (Å²) in [5.41, 5.74) is 4.74. The van der Waals surface area contributed by atoms with Gasteiger partial charge in [-0.3, -0.25) is 0 Å². The molecule has 2 nitrogen and oxygen atoms in total. The Balaban J connectivity index is 2.72. The summed E-state index contributed by atoms with van der Waals surface area (Å²) in [6.45, 7) is 5.88. The third kappa shape index (κ3) is 2.11. The zero-order valence-corrected chi connectivity index (χ0v) is 10.3. The minimum Gasteiger partial charge on any atom is -0.508 e. The highest BCUT2D eigenvalue weighted by molar-refractivity contribution is 5.77. The molecule has 0 unspecified atom stereocenters. The summed E-state index contributed by atoms with van der Waals surface area (Å²) in [5, 5.41) is 19.6. The number of aromatic hydroxyl groups is 2. The molecule has 0 aliphatic heterocycles. The van der Waals surface area contributed by atoms with Gasteiger partial charge in [0.2, 0.25) is 0 Å². The van der Waals surface area contributed by atoms with Crippen molar-refractivity contribution in [1.29, 1.82) is 0 Å². The van der Waals surface area contributed by atoms with Crippen LogP contribution in [0.15, 0.2) is 30.3 Å². The Kier molecular flexibility index (Phi) is 2.80. The molecule has 0 aromatic heterocycles. The van der Waals surface area contributed by atoms with Crippen LogP contribution < -0.4 is 0 Å². The van der Waals surface area contributed by atoms with Crippen LogP contribution in [0.3, 0.4) is 0 Å². The number of rotatable bonds is 1. The molecule has 0 aliphatic rings. The van der Waals surface area contributed by atoms with Gasteiger partial charge in [-0.2, -0.15) is 0 Å². The largest absolute Gasteiger partial charge is 0.508 e. The molecule has 0 amide bonds. The van der Waals surface area contributed by atoms with Gasteiger partial charge in [-0.05, 0) is 61.2 Å². The Hall–Kier alpha value is -1.96. The van der Waals surface area contributed by atoms with Crippen molar-refractivity contribution < 1.29 is 10.2 Å². The van der Waals surface area contributed by atoms with Gasteiger partial charge < -0.3 is 10.2 Å². The monoisotopic (exact) mass is 228 g/mol. The Morgan fingerprint density at radius 2 is 1.53 bits per heavy atom. The van der Waals surface area contributed by atoms with Gasteiger partial charge in [0.15, 0.2) is 0 Å². The lowest BCUT2D eigenvalue weighted by molar-refractivity contribution is 0.474. The first-order chi connectivity index (χ1) is 7.99. The number of aryl methyl sites for hydroxylation is 3. The minimum absolute atomic E-state index is 0.213. The topological polar surface area (TPSA) is 40.5 Å². The van der Waals surface area contributed by atoms with E-state index in [1.807, 2.05) is 32.9 Å². The van der Waals surface area contributed by atoms with Gasteiger partial charge in [-0.25, -0.2) is 0 Å². The maximum absolute atomic E-state index is 10.1. The van der Waals surface area contributed by atoms with Gasteiger partial charge in [0.05, 0.1) is 0 Å². The molecule has 2 heteroatoms. The van der Waals surface area contributed by atoms with Crippen molar-refractivity contribution in [2.45, 2.75) is 20.8 Å². The summed E-state index contributed by atoms with van der Waals surface area (Å²) in [6.07, 6.45) is 0. The van der Waals surface area contributed by atoms with E-state index in [1.54, 1.807) is 18.2 Å². The first-order valence-electron chi connectivity index (χ1n) is 5.59. The number of benzene rings is 2. The van der Waals surface area contributed by atoms with Crippen molar-refractivity contribution in [3.05, 3.63) is 47.0 Å². The molecular weight excluding hydrogens is 212 g/mol. The van der Waals surface area contributed by atoms with Gasteiger partial charge in [-0.15, -0.1) is 0 Å². The van der Waals surface area contributed by atoms with Crippen LogP contribution in [-0.2, 0) is 0 Å². The Bertz CT molecular complexity index is 548. The number of hydrogen-bond acceptors (Lipinski definition) is 2. The Morgan fingerprint density at radius 1 is 0.824 bits per heavy atom. The highest BCUT2D eigenvalue weighted by Gasteiger charge is 2.11. The molecule has 88 valence electrons. The number of hydrogen-bond donors (Lipinski definition) is 2. The van der Waals surface area contributed by atoms with Crippen LogP contribution in [0.5, 0.6) is 11.5 Å². The van der Waals surface area contributed by atoms with Crippen LogP contribution in [0.1, 0.15) is 16.7 Å². The van der Waals surface area contributed by atoms with Crippen LogP contribution in [0, 0.1) is 20.8 Å². The van der Waals surface area contributed by atoms with Crippen LogP contribution >= 0.6 is 0 Å². The average Bonchev–Trinajstić information content (AvgIpc) is 2.21. The van der Waals surface area contributed by atoms with E-state index in [2.05, 4.69) is 0 Å². The normalized spacial score (nSPS) is 10.5. The van der Waals surface area contributed by atoms with E-state index in [0.717, 1.165) is 27.8 Å². The predicted molar refractivity (Wildman–Crippen MR) is 69.4 cm³/mol. The van der Waals surface area contributed by atoms with Crippen molar-refractivity contribution in [2.75, 3.05) is 0 Å². The molecule has 0 atom stereocenters. The fraction of sp³-hybridized carbons (Fsp3) is 0.200. The third-order valence-corrected chi connectivity index (χ3v) is 2.95. The van der Waals surface area contributed by atoms with Crippen LogP contribution in [0.4, 0.5) is 0 Å². The van der Waals surface area contributed by atoms with E-state index in [4.69, 9.17) is 0 Å². The number of phenolic OH excluding ortho intramolecular Hbond substituents is 2. The highest BCUT2D eigenvalue weighted by atomic mass is 16.3. The summed E-state index contributed by atoms with van der Waals surface area (Å²) in [6, 6.07) is 8.96. The molecule has 0 heterocycles. The summed E-state index contributed by atoms with van der Waals surface area (Å²) in [5.74, 6) is 0.473. The molecule has 0 aliphatic carbocycles. The predicted octanol–water partition coefficient (Wildman–Crippen LogP) is 3.69. The van der Waals surface area contributed by atoms with E-state index >= 15 is 0 Å². The molecule has 2 N–H and O–H groups in total. The lowest BCUT2D eigenvalue weighted by Crippen LogP contribution is -1.89. The summed E-state index contributed by atoms with van der Waals surface area (Å²) < 4.78 is 0. The van der Waals surface area contributed by atoms with Crippen LogP contribution in [0.2, 0.25) is 0 Å². The molecule has 0 saturated heterocycles. The molecule has 0 spiro atoms. The third-order valence-electron chi connectivity index (χ3n) is 2.95. The van der Waals surface area contributed by atoms with Gasteiger partial charge in [0.1, 0.15) is 11.5 Å². The molecular formula is C15H16O2. The maximum Gasteiger partial charge on any atom is 0.123 e. The molecule has 0 fully saturated rings. The molecule has 2 rings (SSSR count). The molecule has 17 heavy (non-hydrogen) atoms. The fourth-order valence-corrected chi connectivity index (χ4v) is 2.17. The van der Waals surface area contributed by atoms with Crippen molar-refractivity contribution in [3.8, 4) is 22.6 Å². The van der Waals surface area contributed by atoms with Crippen LogP contribution in [0.25, 0.3) is 11.1 Å². The molecule has 0 radical (unpaired) electrons.